The van der Waals surface area contributed by atoms with E-state index in [1.165, 1.54) is 16.9 Å². The smallest absolute Gasteiger partial charge is 0.263 e. The normalized spacial score (nSPS) is 22.7. The Labute approximate surface area is 117 Å². The van der Waals surface area contributed by atoms with E-state index in [4.69, 9.17) is 0 Å². The molecule has 19 heavy (non-hydrogen) atoms. The second-order valence-electron chi connectivity index (χ2n) is 5.18. The Morgan fingerprint density at radius 2 is 1.95 bits per heavy atom. The standard InChI is InChI=1S/C16H17NOS/c1-12-10-17(16(18)15-8-5-9-19-15)11-14(12)13-6-3-2-4-7-13/h2-9,12,14H,10-11H2,1H3. The van der Waals surface area contributed by atoms with Crippen LogP contribution in [0.5, 0.6) is 0 Å². The van der Waals surface area contributed by atoms with Crippen molar-refractivity contribution in [1.82, 2.24) is 4.90 Å². The number of likely N-dealkylation sites (tertiary alicyclic amines) is 1. The van der Waals surface area contributed by atoms with Crippen LogP contribution in [0.4, 0.5) is 0 Å². The highest BCUT2D eigenvalue weighted by atomic mass is 32.1. The van der Waals surface area contributed by atoms with Crippen LogP contribution in [-0.4, -0.2) is 23.9 Å². The van der Waals surface area contributed by atoms with E-state index in [1.807, 2.05) is 28.5 Å². The molecule has 2 nitrogen and oxygen atoms in total. The fourth-order valence-electron chi connectivity index (χ4n) is 2.82. The van der Waals surface area contributed by atoms with Crippen molar-refractivity contribution >= 4 is 17.2 Å². The third-order valence-corrected chi connectivity index (χ3v) is 4.72. The summed E-state index contributed by atoms with van der Waals surface area (Å²) >= 11 is 1.52. The maximum Gasteiger partial charge on any atom is 0.263 e. The van der Waals surface area contributed by atoms with Crippen molar-refractivity contribution in [3.63, 3.8) is 0 Å². The monoisotopic (exact) mass is 271 g/mol. The van der Waals surface area contributed by atoms with E-state index in [0.29, 0.717) is 11.8 Å². The quantitative estimate of drug-likeness (QED) is 0.817. The molecule has 0 spiro atoms. The van der Waals surface area contributed by atoms with E-state index < -0.39 is 0 Å². The summed E-state index contributed by atoms with van der Waals surface area (Å²) in [6, 6.07) is 14.4. The molecular weight excluding hydrogens is 254 g/mol. The topological polar surface area (TPSA) is 20.3 Å². The number of amides is 1. The van der Waals surface area contributed by atoms with Crippen LogP contribution in [-0.2, 0) is 0 Å². The molecule has 1 aromatic carbocycles. The van der Waals surface area contributed by atoms with Crippen molar-refractivity contribution in [1.29, 1.82) is 0 Å². The summed E-state index contributed by atoms with van der Waals surface area (Å²) in [5.74, 6) is 1.16. The van der Waals surface area contributed by atoms with E-state index in [-0.39, 0.29) is 5.91 Å². The first-order chi connectivity index (χ1) is 9.25. The van der Waals surface area contributed by atoms with Gasteiger partial charge in [0, 0.05) is 19.0 Å². The number of rotatable bonds is 2. The second kappa shape index (κ2) is 5.17. The van der Waals surface area contributed by atoms with Crippen LogP contribution < -0.4 is 0 Å². The van der Waals surface area contributed by atoms with Gasteiger partial charge >= 0.3 is 0 Å². The lowest BCUT2D eigenvalue weighted by Gasteiger charge is -2.15. The zero-order valence-electron chi connectivity index (χ0n) is 11.0. The molecule has 3 rings (SSSR count). The predicted octanol–water partition coefficient (Wildman–Crippen LogP) is 3.62. The maximum absolute atomic E-state index is 12.4. The van der Waals surface area contributed by atoms with Crippen molar-refractivity contribution in [2.24, 2.45) is 5.92 Å². The molecule has 1 amide bonds. The third kappa shape index (κ3) is 2.43. The second-order valence-corrected chi connectivity index (χ2v) is 6.13. The number of hydrogen-bond donors (Lipinski definition) is 0. The highest BCUT2D eigenvalue weighted by Crippen LogP contribution is 2.33. The SMILES string of the molecule is CC1CN(C(=O)c2cccs2)CC1c1ccccc1. The number of hydrogen-bond acceptors (Lipinski definition) is 2. The molecule has 1 aromatic heterocycles. The molecule has 2 unspecified atom stereocenters. The molecule has 0 saturated carbocycles. The van der Waals surface area contributed by atoms with Crippen molar-refractivity contribution in [3.8, 4) is 0 Å². The minimum absolute atomic E-state index is 0.181. The lowest BCUT2D eigenvalue weighted by molar-refractivity contribution is 0.0791. The van der Waals surface area contributed by atoms with Crippen LogP contribution in [0.15, 0.2) is 47.8 Å². The first kappa shape index (κ1) is 12.4. The Morgan fingerprint density at radius 3 is 2.63 bits per heavy atom. The molecule has 1 aliphatic heterocycles. The Kier molecular flexibility index (Phi) is 3.38. The lowest BCUT2D eigenvalue weighted by Crippen LogP contribution is -2.28. The Balaban J connectivity index is 1.77. The van der Waals surface area contributed by atoms with Crippen molar-refractivity contribution in [2.45, 2.75) is 12.8 Å². The minimum Gasteiger partial charge on any atom is -0.337 e. The Bertz CT molecular complexity index is 549. The van der Waals surface area contributed by atoms with E-state index in [2.05, 4.69) is 31.2 Å². The number of carbonyl (C=O) groups excluding carboxylic acids is 1. The number of benzene rings is 1. The van der Waals surface area contributed by atoms with E-state index in [0.717, 1.165) is 18.0 Å². The summed E-state index contributed by atoms with van der Waals surface area (Å²) in [7, 11) is 0. The predicted molar refractivity (Wildman–Crippen MR) is 78.6 cm³/mol. The van der Waals surface area contributed by atoms with Crippen LogP contribution in [0.1, 0.15) is 28.1 Å². The summed E-state index contributed by atoms with van der Waals surface area (Å²) in [6.45, 7) is 3.93. The first-order valence-corrected chi connectivity index (χ1v) is 7.51. The fraction of sp³-hybridized carbons (Fsp3) is 0.312. The van der Waals surface area contributed by atoms with Crippen LogP contribution in [0, 0.1) is 5.92 Å². The summed E-state index contributed by atoms with van der Waals surface area (Å²) in [4.78, 5) is 15.2. The summed E-state index contributed by atoms with van der Waals surface area (Å²) in [5, 5.41) is 1.96. The molecule has 0 aliphatic carbocycles. The van der Waals surface area contributed by atoms with E-state index in [9.17, 15) is 4.79 Å². The number of carbonyl (C=O) groups is 1. The van der Waals surface area contributed by atoms with E-state index >= 15 is 0 Å². The van der Waals surface area contributed by atoms with Crippen molar-refractivity contribution in [2.75, 3.05) is 13.1 Å². The molecule has 3 heteroatoms. The van der Waals surface area contributed by atoms with Gasteiger partial charge in [0.15, 0.2) is 0 Å². The van der Waals surface area contributed by atoms with Gasteiger partial charge in [0.25, 0.3) is 5.91 Å². The fourth-order valence-corrected chi connectivity index (χ4v) is 3.51. The molecule has 2 heterocycles. The molecule has 2 aromatic rings. The number of nitrogens with zero attached hydrogens (tertiary/aromatic N) is 1. The zero-order valence-corrected chi connectivity index (χ0v) is 11.8. The van der Waals surface area contributed by atoms with Gasteiger partial charge in [-0.15, -0.1) is 11.3 Å². The van der Waals surface area contributed by atoms with Gasteiger partial charge < -0.3 is 4.90 Å². The zero-order chi connectivity index (χ0) is 13.2. The van der Waals surface area contributed by atoms with Gasteiger partial charge in [-0.25, -0.2) is 0 Å². The minimum atomic E-state index is 0.181. The summed E-state index contributed by atoms with van der Waals surface area (Å²) < 4.78 is 0. The molecular formula is C16H17NOS. The van der Waals surface area contributed by atoms with Crippen molar-refractivity contribution < 1.29 is 4.79 Å². The lowest BCUT2D eigenvalue weighted by atomic mass is 9.90. The molecule has 1 aliphatic rings. The molecule has 98 valence electrons. The molecule has 0 N–H and O–H groups in total. The van der Waals surface area contributed by atoms with Gasteiger partial charge in [-0.05, 0) is 22.9 Å². The van der Waals surface area contributed by atoms with Crippen LogP contribution in [0.25, 0.3) is 0 Å². The summed E-state index contributed by atoms with van der Waals surface area (Å²) in [6.07, 6.45) is 0. The van der Waals surface area contributed by atoms with Gasteiger partial charge in [0.1, 0.15) is 0 Å². The van der Waals surface area contributed by atoms with Crippen LogP contribution in [0.3, 0.4) is 0 Å². The average molecular weight is 271 g/mol. The van der Waals surface area contributed by atoms with Gasteiger partial charge in [0.05, 0.1) is 4.88 Å². The summed E-state index contributed by atoms with van der Waals surface area (Å²) in [5.41, 5.74) is 1.34. The average Bonchev–Trinajstić information content (AvgIpc) is 3.08. The molecule has 0 bridgehead atoms. The Morgan fingerprint density at radius 1 is 1.16 bits per heavy atom. The van der Waals surface area contributed by atoms with Crippen LogP contribution in [0.2, 0.25) is 0 Å². The van der Waals surface area contributed by atoms with Gasteiger partial charge in [-0.1, -0.05) is 43.3 Å². The van der Waals surface area contributed by atoms with Crippen molar-refractivity contribution in [3.05, 3.63) is 58.3 Å². The molecule has 2 atom stereocenters. The third-order valence-electron chi connectivity index (χ3n) is 3.86. The number of thiophene rings is 1. The van der Waals surface area contributed by atoms with Gasteiger partial charge in [0.2, 0.25) is 0 Å². The van der Waals surface area contributed by atoms with Crippen LogP contribution >= 0.6 is 11.3 Å². The molecule has 1 saturated heterocycles. The highest BCUT2D eigenvalue weighted by Gasteiger charge is 2.33. The van der Waals surface area contributed by atoms with Gasteiger partial charge in [-0.2, -0.15) is 0 Å². The van der Waals surface area contributed by atoms with E-state index in [1.54, 1.807) is 0 Å². The Hall–Kier alpha value is -1.61. The first-order valence-electron chi connectivity index (χ1n) is 6.63. The molecule has 0 radical (unpaired) electrons. The largest absolute Gasteiger partial charge is 0.337 e. The molecule has 1 fully saturated rings. The maximum atomic E-state index is 12.4. The highest BCUT2D eigenvalue weighted by molar-refractivity contribution is 7.12. The van der Waals surface area contributed by atoms with Gasteiger partial charge in [-0.3, -0.25) is 4.79 Å².